The van der Waals surface area contributed by atoms with Gasteiger partial charge in [0.1, 0.15) is 24.0 Å². The van der Waals surface area contributed by atoms with Crippen LogP contribution in [0.25, 0.3) is 26.0 Å². The standard InChI is InChI=1S/C25H24Cl2FN3O5S2/c1-13-17(12-36-29-10-16(28)24(34)25(35)19(33)11-32)30-31(18-5-4-14(26)9-15(18)27)23(13)22-7-6-21(38-22)20-3-2-8-37-20/h2-10,16,19,24-25,32-35H,11-12H2,1H3/b29-10+/t16-,19+,24+,25+/m0/s1. The van der Waals surface area contributed by atoms with E-state index in [-0.39, 0.29) is 6.61 Å². The van der Waals surface area contributed by atoms with Crippen LogP contribution in [0.1, 0.15) is 11.3 Å². The smallest absolute Gasteiger partial charge is 0.167 e. The van der Waals surface area contributed by atoms with E-state index < -0.39 is 31.1 Å². The summed E-state index contributed by atoms with van der Waals surface area (Å²) < 4.78 is 15.9. The van der Waals surface area contributed by atoms with Gasteiger partial charge in [0, 0.05) is 20.3 Å². The van der Waals surface area contributed by atoms with Crippen molar-refractivity contribution >= 4 is 52.1 Å². The molecular weight excluding hydrogens is 576 g/mol. The van der Waals surface area contributed by atoms with Gasteiger partial charge < -0.3 is 25.3 Å². The van der Waals surface area contributed by atoms with Crippen LogP contribution in [-0.2, 0) is 11.4 Å². The molecule has 0 saturated heterocycles. The lowest BCUT2D eigenvalue weighted by Gasteiger charge is -2.22. The van der Waals surface area contributed by atoms with Gasteiger partial charge >= 0.3 is 0 Å². The number of oxime groups is 1. The van der Waals surface area contributed by atoms with Crippen LogP contribution < -0.4 is 0 Å². The predicted molar refractivity (Wildman–Crippen MR) is 148 cm³/mol. The number of aliphatic hydroxyl groups is 4. The summed E-state index contributed by atoms with van der Waals surface area (Å²) in [6.45, 7) is 0.921. The van der Waals surface area contributed by atoms with Crippen LogP contribution in [0.4, 0.5) is 4.39 Å². The lowest BCUT2D eigenvalue weighted by Crippen LogP contribution is -2.44. The molecule has 202 valence electrons. The summed E-state index contributed by atoms with van der Waals surface area (Å²) in [4.78, 5) is 8.44. The maximum Gasteiger partial charge on any atom is 0.167 e. The van der Waals surface area contributed by atoms with Gasteiger partial charge in [-0.25, -0.2) is 9.07 Å². The minimum atomic E-state index is -2.14. The van der Waals surface area contributed by atoms with Crippen molar-refractivity contribution in [2.45, 2.75) is 38.0 Å². The van der Waals surface area contributed by atoms with Gasteiger partial charge in [0.25, 0.3) is 0 Å². The summed E-state index contributed by atoms with van der Waals surface area (Å²) in [5.41, 5.74) is 2.72. The van der Waals surface area contributed by atoms with Crippen LogP contribution in [0.2, 0.25) is 10.0 Å². The summed E-state index contributed by atoms with van der Waals surface area (Å²) in [5.74, 6) is 0. The second kappa shape index (κ2) is 12.7. The van der Waals surface area contributed by atoms with E-state index in [9.17, 15) is 19.7 Å². The van der Waals surface area contributed by atoms with Gasteiger partial charge in [0.05, 0.1) is 34.1 Å². The number of aromatic nitrogens is 2. The third-order valence-corrected chi connectivity index (χ3v) is 8.39. The fourth-order valence-electron chi connectivity index (χ4n) is 3.62. The quantitative estimate of drug-likeness (QED) is 0.144. The number of thiophene rings is 2. The van der Waals surface area contributed by atoms with Crippen LogP contribution in [0.5, 0.6) is 0 Å². The Kier molecular flexibility index (Phi) is 9.55. The Morgan fingerprint density at radius 1 is 1.11 bits per heavy atom. The molecule has 0 amide bonds. The average molecular weight is 601 g/mol. The molecule has 38 heavy (non-hydrogen) atoms. The van der Waals surface area contributed by atoms with Gasteiger partial charge in [-0.05, 0) is 48.7 Å². The van der Waals surface area contributed by atoms with E-state index >= 15 is 0 Å². The Labute approximate surface area is 235 Å². The Balaban J connectivity index is 1.60. The molecule has 8 nitrogen and oxygen atoms in total. The molecule has 4 N–H and O–H groups in total. The van der Waals surface area contributed by atoms with E-state index in [2.05, 4.69) is 16.3 Å². The van der Waals surface area contributed by atoms with E-state index in [1.165, 1.54) is 0 Å². The van der Waals surface area contributed by atoms with Crippen LogP contribution in [0, 0.1) is 6.92 Å². The lowest BCUT2D eigenvalue weighted by atomic mass is 10.1. The van der Waals surface area contributed by atoms with E-state index in [4.69, 9.17) is 33.1 Å². The third-order valence-electron chi connectivity index (χ3n) is 5.70. The SMILES string of the molecule is Cc1c(CO/N=C/[C@H](F)[C@@H](O)[C@H](O)[C@H](O)CO)nn(-c2ccc(Cl)cc2Cl)c1-c1ccc(-c2cccs2)s1. The molecule has 0 aliphatic heterocycles. The molecule has 1 aromatic carbocycles. The van der Waals surface area contributed by atoms with Crippen LogP contribution in [0.15, 0.2) is 53.0 Å². The minimum absolute atomic E-state index is 0.124. The topological polar surface area (TPSA) is 120 Å². The Morgan fingerprint density at radius 3 is 2.55 bits per heavy atom. The third kappa shape index (κ3) is 6.27. The number of nitrogens with zero attached hydrogens (tertiary/aromatic N) is 3. The Morgan fingerprint density at radius 2 is 1.87 bits per heavy atom. The van der Waals surface area contributed by atoms with Crippen molar-refractivity contribution in [2.24, 2.45) is 5.16 Å². The van der Waals surface area contributed by atoms with Gasteiger partial charge in [-0.2, -0.15) is 5.10 Å². The first-order chi connectivity index (χ1) is 18.2. The molecule has 3 heterocycles. The average Bonchev–Trinajstić information content (AvgIpc) is 3.66. The lowest BCUT2D eigenvalue weighted by molar-refractivity contribution is -0.0891. The Hall–Kier alpha value is -2.35. The van der Waals surface area contributed by atoms with E-state index in [1.807, 2.05) is 30.5 Å². The number of rotatable bonds is 11. The second-order valence-electron chi connectivity index (χ2n) is 8.27. The van der Waals surface area contributed by atoms with Crippen LogP contribution in [0.3, 0.4) is 0 Å². The number of alkyl halides is 1. The van der Waals surface area contributed by atoms with Gasteiger partial charge in [-0.1, -0.05) is 34.4 Å². The highest BCUT2D eigenvalue weighted by Gasteiger charge is 2.30. The number of hydrogen-bond acceptors (Lipinski definition) is 9. The molecule has 0 unspecified atom stereocenters. The number of hydrogen-bond donors (Lipinski definition) is 4. The molecule has 4 aromatic rings. The van der Waals surface area contributed by atoms with Crippen molar-refractivity contribution in [2.75, 3.05) is 6.61 Å². The van der Waals surface area contributed by atoms with Crippen molar-refractivity contribution in [3.63, 3.8) is 0 Å². The summed E-state index contributed by atoms with van der Waals surface area (Å²) in [7, 11) is 0. The van der Waals surface area contributed by atoms with E-state index in [1.54, 1.807) is 45.6 Å². The zero-order valence-electron chi connectivity index (χ0n) is 19.9. The highest BCUT2D eigenvalue weighted by atomic mass is 35.5. The molecule has 0 saturated carbocycles. The molecule has 0 radical (unpaired) electrons. The highest BCUT2D eigenvalue weighted by Crippen LogP contribution is 2.40. The van der Waals surface area contributed by atoms with Crippen molar-refractivity contribution in [3.05, 3.63) is 69.1 Å². The second-order valence-corrected chi connectivity index (χ2v) is 11.1. The number of aliphatic hydroxyl groups excluding tert-OH is 4. The summed E-state index contributed by atoms with van der Waals surface area (Å²) in [5, 5.41) is 48.8. The highest BCUT2D eigenvalue weighted by molar-refractivity contribution is 7.23. The molecule has 0 bridgehead atoms. The van der Waals surface area contributed by atoms with Gasteiger partial charge in [-0.15, -0.1) is 22.7 Å². The summed E-state index contributed by atoms with van der Waals surface area (Å²) in [6, 6.07) is 13.2. The zero-order valence-corrected chi connectivity index (χ0v) is 23.1. The molecule has 0 fully saturated rings. The van der Waals surface area contributed by atoms with Crippen molar-refractivity contribution in [1.82, 2.24) is 9.78 Å². The van der Waals surface area contributed by atoms with Gasteiger partial charge in [0.15, 0.2) is 12.8 Å². The summed E-state index contributed by atoms with van der Waals surface area (Å²) >= 11 is 15.9. The Bertz CT molecular complexity index is 1400. The van der Waals surface area contributed by atoms with Crippen LogP contribution in [-0.4, -0.2) is 67.5 Å². The molecule has 0 spiro atoms. The van der Waals surface area contributed by atoms with E-state index in [0.717, 1.165) is 25.9 Å². The van der Waals surface area contributed by atoms with Gasteiger partial charge in [0.2, 0.25) is 0 Å². The molecule has 0 aliphatic carbocycles. The van der Waals surface area contributed by atoms with Crippen LogP contribution >= 0.6 is 45.9 Å². The van der Waals surface area contributed by atoms with E-state index in [0.29, 0.717) is 27.6 Å². The van der Waals surface area contributed by atoms with Gasteiger partial charge in [-0.3, -0.25) is 0 Å². The first-order valence-corrected chi connectivity index (χ1v) is 13.8. The van der Waals surface area contributed by atoms with Crippen molar-refractivity contribution < 1.29 is 29.7 Å². The number of benzene rings is 1. The zero-order chi connectivity index (χ0) is 27.4. The fourth-order valence-corrected chi connectivity index (χ4v) is 6.04. The molecule has 13 heteroatoms. The first kappa shape index (κ1) is 28.7. The van der Waals surface area contributed by atoms with Crippen molar-refractivity contribution in [1.29, 1.82) is 0 Å². The normalized spacial score (nSPS) is 15.1. The molecule has 3 aromatic heterocycles. The maximum atomic E-state index is 14.2. The molecular formula is C25H24Cl2FN3O5S2. The fraction of sp³-hybridized carbons (Fsp3) is 0.280. The minimum Gasteiger partial charge on any atom is -0.394 e. The monoisotopic (exact) mass is 599 g/mol. The van der Waals surface area contributed by atoms with Crippen molar-refractivity contribution in [3.8, 4) is 26.0 Å². The largest absolute Gasteiger partial charge is 0.394 e. The molecule has 0 aliphatic rings. The maximum absolute atomic E-state index is 14.2. The molecule has 4 atom stereocenters. The number of halogens is 3. The molecule has 4 rings (SSSR count). The first-order valence-electron chi connectivity index (χ1n) is 11.3. The summed E-state index contributed by atoms with van der Waals surface area (Å²) in [6.07, 6.45) is -7.07. The predicted octanol–water partition coefficient (Wildman–Crippen LogP) is 4.86.